The minimum Gasteiger partial charge on any atom is -0.497 e. The van der Waals surface area contributed by atoms with Crippen molar-refractivity contribution in [3.05, 3.63) is 53.6 Å². The van der Waals surface area contributed by atoms with Crippen LogP contribution in [-0.2, 0) is 14.8 Å². The van der Waals surface area contributed by atoms with Gasteiger partial charge in [-0.3, -0.25) is 4.79 Å². The third kappa shape index (κ3) is 4.62. The highest BCUT2D eigenvalue weighted by atomic mass is 32.2. The van der Waals surface area contributed by atoms with Crippen molar-refractivity contribution in [1.82, 2.24) is 4.72 Å². The molecule has 0 aliphatic carbocycles. The average molecular weight is 376 g/mol. The summed E-state index contributed by atoms with van der Waals surface area (Å²) in [5.41, 5.74) is 2.33. The van der Waals surface area contributed by atoms with Gasteiger partial charge in [-0.1, -0.05) is 12.1 Å². The van der Waals surface area contributed by atoms with Crippen LogP contribution in [0.2, 0.25) is 0 Å². The molecule has 0 radical (unpaired) electrons. The average Bonchev–Trinajstić information content (AvgIpc) is 2.60. The molecule has 0 aliphatic rings. The van der Waals surface area contributed by atoms with Gasteiger partial charge in [0.15, 0.2) is 0 Å². The number of carbonyl (C=O) groups excluding carboxylic acids is 1. The lowest BCUT2D eigenvalue weighted by molar-refractivity contribution is -0.117. The summed E-state index contributed by atoms with van der Waals surface area (Å²) < 4.78 is 32.6. The smallest absolute Gasteiger partial charge is 0.242 e. The fraction of sp³-hybridized carbons (Fsp3) is 0.316. The van der Waals surface area contributed by atoms with Gasteiger partial charge in [0, 0.05) is 12.2 Å². The third-order valence-corrected chi connectivity index (χ3v) is 5.58. The van der Waals surface area contributed by atoms with Crippen LogP contribution >= 0.6 is 0 Å². The topological polar surface area (TPSA) is 75.7 Å². The first-order valence-corrected chi connectivity index (χ1v) is 9.78. The van der Waals surface area contributed by atoms with E-state index in [-0.39, 0.29) is 17.3 Å². The van der Waals surface area contributed by atoms with Crippen LogP contribution in [0, 0.1) is 13.8 Å². The summed E-state index contributed by atoms with van der Waals surface area (Å²) in [5, 5.41) is 0. The van der Waals surface area contributed by atoms with Crippen LogP contribution in [0.4, 0.5) is 5.69 Å². The lowest BCUT2D eigenvalue weighted by Gasteiger charge is -2.22. The lowest BCUT2D eigenvalue weighted by atomic mass is 10.2. The van der Waals surface area contributed by atoms with Crippen LogP contribution in [-0.4, -0.2) is 34.5 Å². The van der Waals surface area contributed by atoms with E-state index < -0.39 is 10.0 Å². The number of nitrogens with zero attached hydrogens (tertiary/aromatic N) is 1. The molecule has 1 amide bonds. The molecule has 0 aliphatic heterocycles. The lowest BCUT2D eigenvalue weighted by Crippen LogP contribution is -2.40. The van der Waals surface area contributed by atoms with E-state index in [4.69, 9.17) is 4.74 Å². The molecule has 2 aromatic rings. The molecule has 0 saturated carbocycles. The third-order valence-electron chi connectivity index (χ3n) is 4.02. The first-order valence-electron chi connectivity index (χ1n) is 8.30. The van der Waals surface area contributed by atoms with E-state index in [9.17, 15) is 13.2 Å². The summed E-state index contributed by atoms with van der Waals surface area (Å²) in [6.07, 6.45) is 0. The Labute approximate surface area is 154 Å². The molecule has 0 aromatic heterocycles. The molecule has 0 spiro atoms. The number of amides is 1. The summed E-state index contributed by atoms with van der Waals surface area (Å²) in [6.45, 7) is 5.62. The zero-order chi connectivity index (χ0) is 19.3. The standard InChI is InChI=1S/C19H24N2O4S/c1-5-21(16-8-6-7-14(2)11-16)19(22)13-20-26(23,24)18-10-9-17(25-4)12-15(18)3/h6-12,20H,5,13H2,1-4H3. The van der Waals surface area contributed by atoms with Gasteiger partial charge in [0.1, 0.15) is 5.75 Å². The second-order valence-corrected chi connectivity index (χ2v) is 7.67. The molecular formula is C19H24N2O4S. The van der Waals surface area contributed by atoms with Gasteiger partial charge in [-0.15, -0.1) is 0 Å². The van der Waals surface area contributed by atoms with Crippen molar-refractivity contribution in [2.24, 2.45) is 0 Å². The summed E-state index contributed by atoms with van der Waals surface area (Å²) in [5.74, 6) is 0.266. The first kappa shape index (κ1) is 19.9. The molecule has 6 nitrogen and oxygen atoms in total. The Hall–Kier alpha value is -2.38. The van der Waals surface area contributed by atoms with E-state index in [1.165, 1.54) is 13.2 Å². The fourth-order valence-corrected chi connectivity index (χ4v) is 3.88. The van der Waals surface area contributed by atoms with Gasteiger partial charge in [0.25, 0.3) is 0 Å². The second-order valence-electron chi connectivity index (χ2n) is 5.93. The van der Waals surface area contributed by atoms with E-state index in [0.717, 1.165) is 11.3 Å². The van der Waals surface area contributed by atoms with E-state index in [2.05, 4.69) is 4.72 Å². The Morgan fingerprint density at radius 3 is 2.46 bits per heavy atom. The molecule has 1 N–H and O–H groups in total. The molecule has 2 aromatic carbocycles. The molecule has 0 unspecified atom stereocenters. The number of methoxy groups -OCH3 is 1. The minimum atomic E-state index is -3.80. The highest BCUT2D eigenvalue weighted by Crippen LogP contribution is 2.21. The summed E-state index contributed by atoms with van der Waals surface area (Å²) in [6, 6.07) is 12.2. The van der Waals surface area contributed by atoms with Gasteiger partial charge in [-0.05, 0) is 62.2 Å². The largest absolute Gasteiger partial charge is 0.497 e. The second kappa shape index (κ2) is 8.33. The van der Waals surface area contributed by atoms with Crippen molar-refractivity contribution in [3.8, 4) is 5.75 Å². The van der Waals surface area contributed by atoms with Gasteiger partial charge >= 0.3 is 0 Å². The number of ether oxygens (including phenoxy) is 1. The predicted molar refractivity (Wildman–Crippen MR) is 102 cm³/mol. The maximum Gasteiger partial charge on any atom is 0.242 e. The number of sulfonamides is 1. The quantitative estimate of drug-likeness (QED) is 0.806. The molecule has 26 heavy (non-hydrogen) atoms. The van der Waals surface area contributed by atoms with Gasteiger partial charge in [-0.25, -0.2) is 13.1 Å². The Morgan fingerprint density at radius 2 is 1.88 bits per heavy atom. The van der Waals surface area contributed by atoms with Gasteiger partial charge in [0.05, 0.1) is 18.6 Å². The molecule has 7 heteroatoms. The van der Waals surface area contributed by atoms with Gasteiger partial charge in [-0.2, -0.15) is 0 Å². The molecular weight excluding hydrogens is 352 g/mol. The normalized spacial score (nSPS) is 11.2. The summed E-state index contributed by atoms with van der Waals surface area (Å²) >= 11 is 0. The van der Waals surface area contributed by atoms with Crippen molar-refractivity contribution in [3.63, 3.8) is 0 Å². The molecule has 0 heterocycles. The highest BCUT2D eigenvalue weighted by molar-refractivity contribution is 7.89. The number of benzene rings is 2. The van der Waals surface area contributed by atoms with E-state index in [0.29, 0.717) is 17.9 Å². The maximum atomic E-state index is 12.5. The Kier molecular flexibility index (Phi) is 6.39. The molecule has 0 bridgehead atoms. The van der Waals surface area contributed by atoms with Crippen LogP contribution < -0.4 is 14.4 Å². The number of nitrogens with one attached hydrogen (secondary N) is 1. The minimum absolute atomic E-state index is 0.129. The zero-order valence-electron chi connectivity index (χ0n) is 15.4. The van der Waals surface area contributed by atoms with Gasteiger partial charge in [0.2, 0.25) is 15.9 Å². The number of anilines is 1. The monoisotopic (exact) mass is 376 g/mol. The van der Waals surface area contributed by atoms with Crippen LogP contribution in [0.1, 0.15) is 18.1 Å². The molecule has 0 atom stereocenters. The van der Waals surface area contributed by atoms with Crippen molar-refractivity contribution >= 4 is 21.6 Å². The van der Waals surface area contributed by atoms with Crippen LogP contribution in [0.15, 0.2) is 47.4 Å². The van der Waals surface area contributed by atoms with E-state index >= 15 is 0 Å². The van der Waals surface area contributed by atoms with Crippen molar-refractivity contribution < 1.29 is 17.9 Å². The maximum absolute atomic E-state index is 12.5. The Bertz CT molecular complexity index is 894. The molecule has 0 saturated heterocycles. The van der Waals surface area contributed by atoms with E-state index in [1.54, 1.807) is 24.0 Å². The number of aryl methyl sites for hydroxylation is 2. The zero-order valence-corrected chi connectivity index (χ0v) is 16.3. The van der Waals surface area contributed by atoms with Gasteiger partial charge < -0.3 is 9.64 Å². The van der Waals surface area contributed by atoms with Crippen molar-refractivity contribution in [1.29, 1.82) is 0 Å². The summed E-state index contributed by atoms with van der Waals surface area (Å²) in [4.78, 5) is 14.2. The Balaban J connectivity index is 2.14. The van der Waals surface area contributed by atoms with Crippen LogP contribution in [0.3, 0.4) is 0 Å². The predicted octanol–water partition coefficient (Wildman–Crippen LogP) is 2.64. The van der Waals surface area contributed by atoms with Crippen molar-refractivity contribution in [2.45, 2.75) is 25.7 Å². The molecule has 140 valence electrons. The fourth-order valence-electron chi connectivity index (χ4n) is 2.68. The number of rotatable bonds is 7. The summed E-state index contributed by atoms with van der Waals surface area (Å²) in [7, 11) is -2.28. The number of hydrogen-bond acceptors (Lipinski definition) is 4. The number of carbonyl (C=O) groups is 1. The van der Waals surface area contributed by atoms with Crippen LogP contribution in [0.25, 0.3) is 0 Å². The van der Waals surface area contributed by atoms with Crippen molar-refractivity contribution in [2.75, 3.05) is 25.1 Å². The molecule has 0 fully saturated rings. The van der Waals surface area contributed by atoms with Crippen LogP contribution in [0.5, 0.6) is 5.75 Å². The SMILES string of the molecule is CCN(C(=O)CNS(=O)(=O)c1ccc(OC)cc1C)c1cccc(C)c1. The molecule has 2 rings (SSSR count). The first-order chi connectivity index (χ1) is 12.3. The number of likely N-dealkylation sites (N-methyl/N-ethyl adjacent to an activating group) is 1. The van der Waals surface area contributed by atoms with E-state index in [1.807, 2.05) is 38.1 Å². The number of hydrogen-bond donors (Lipinski definition) is 1. The Morgan fingerprint density at radius 1 is 1.15 bits per heavy atom. The highest BCUT2D eigenvalue weighted by Gasteiger charge is 2.21.